The summed E-state index contributed by atoms with van der Waals surface area (Å²) in [5.74, 6) is 2.32. The lowest BCUT2D eigenvalue weighted by molar-refractivity contribution is 0.0958. The monoisotopic (exact) mass is 213 g/mol. The number of rotatable bonds is 2. The Hall–Kier alpha value is -1.75. The molecule has 16 heavy (non-hydrogen) atoms. The molecule has 1 aliphatic carbocycles. The van der Waals surface area contributed by atoms with E-state index in [1.54, 1.807) is 0 Å². The molecule has 1 N–H and O–H groups in total. The lowest BCUT2D eigenvalue weighted by Crippen LogP contribution is -2.23. The van der Waals surface area contributed by atoms with Crippen molar-refractivity contribution in [3.8, 4) is 12.3 Å². The molecular weight excluding hydrogens is 198 g/mol. The fraction of sp³-hybridized carbons (Fsp3) is 0.357. The van der Waals surface area contributed by atoms with Crippen molar-refractivity contribution < 1.29 is 4.79 Å². The molecule has 0 aromatic heterocycles. The molecule has 1 aliphatic rings. The molecule has 1 aromatic rings. The quantitative estimate of drug-likeness (QED) is 0.747. The Kier molecular flexibility index (Phi) is 3.26. The number of fused-ring (bicyclic) bond motifs is 1. The maximum Gasteiger partial charge on any atom is 0.252 e. The minimum absolute atomic E-state index is 0.0775. The Morgan fingerprint density at radius 1 is 1.31 bits per heavy atom. The van der Waals surface area contributed by atoms with Gasteiger partial charge in [-0.05, 0) is 48.9 Å². The Morgan fingerprint density at radius 3 is 2.81 bits per heavy atom. The molecule has 0 radical (unpaired) electrons. The molecule has 0 bridgehead atoms. The summed E-state index contributed by atoms with van der Waals surface area (Å²) < 4.78 is 0. The molecule has 2 rings (SSSR count). The van der Waals surface area contributed by atoms with Crippen LogP contribution >= 0.6 is 0 Å². The molecule has 0 saturated carbocycles. The standard InChI is InChI=1S/C14H15NO/c1-2-9-15-14(16)13-8-7-11-5-3-4-6-12(11)10-13/h1,7-8,10H,3-6,9H2,(H,15,16). The van der Waals surface area contributed by atoms with Gasteiger partial charge in [0.25, 0.3) is 5.91 Å². The first-order valence-electron chi connectivity index (χ1n) is 5.65. The Balaban J connectivity index is 2.17. The summed E-state index contributed by atoms with van der Waals surface area (Å²) in [5, 5.41) is 2.68. The smallest absolute Gasteiger partial charge is 0.252 e. The van der Waals surface area contributed by atoms with Crippen molar-refractivity contribution in [2.75, 3.05) is 6.54 Å². The van der Waals surface area contributed by atoms with Gasteiger partial charge in [-0.2, -0.15) is 0 Å². The second-order valence-electron chi connectivity index (χ2n) is 4.08. The second kappa shape index (κ2) is 4.85. The fourth-order valence-electron chi connectivity index (χ4n) is 2.11. The van der Waals surface area contributed by atoms with E-state index in [0.29, 0.717) is 0 Å². The van der Waals surface area contributed by atoms with Crippen LogP contribution < -0.4 is 5.32 Å². The molecule has 0 aliphatic heterocycles. The van der Waals surface area contributed by atoms with Gasteiger partial charge in [0.2, 0.25) is 0 Å². The number of hydrogen-bond donors (Lipinski definition) is 1. The van der Waals surface area contributed by atoms with Gasteiger partial charge in [0.05, 0.1) is 6.54 Å². The van der Waals surface area contributed by atoms with Gasteiger partial charge in [0, 0.05) is 5.56 Å². The molecule has 0 heterocycles. The van der Waals surface area contributed by atoms with E-state index in [1.165, 1.54) is 24.0 Å². The van der Waals surface area contributed by atoms with Gasteiger partial charge in [-0.1, -0.05) is 12.0 Å². The van der Waals surface area contributed by atoms with Crippen molar-refractivity contribution in [2.45, 2.75) is 25.7 Å². The fourth-order valence-corrected chi connectivity index (χ4v) is 2.11. The van der Waals surface area contributed by atoms with Crippen LogP contribution in [0.1, 0.15) is 34.3 Å². The van der Waals surface area contributed by atoms with Gasteiger partial charge in [-0.3, -0.25) is 4.79 Å². The van der Waals surface area contributed by atoms with E-state index in [4.69, 9.17) is 6.42 Å². The Bertz CT molecular complexity index is 443. The van der Waals surface area contributed by atoms with E-state index >= 15 is 0 Å². The predicted molar refractivity (Wildman–Crippen MR) is 64.3 cm³/mol. The van der Waals surface area contributed by atoms with Crippen LogP contribution in [0.4, 0.5) is 0 Å². The van der Waals surface area contributed by atoms with Crippen LogP contribution in [-0.2, 0) is 12.8 Å². The van der Waals surface area contributed by atoms with E-state index in [9.17, 15) is 4.79 Å². The first-order chi connectivity index (χ1) is 7.81. The normalized spacial score (nSPS) is 13.7. The zero-order valence-electron chi connectivity index (χ0n) is 9.25. The third-order valence-corrected chi connectivity index (χ3v) is 2.96. The topological polar surface area (TPSA) is 29.1 Å². The molecular formula is C14H15NO. The van der Waals surface area contributed by atoms with E-state index in [2.05, 4.69) is 17.3 Å². The van der Waals surface area contributed by atoms with Crippen molar-refractivity contribution >= 4 is 5.91 Å². The zero-order chi connectivity index (χ0) is 11.4. The van der Waals surface area contributed by atoms with Crippen LogP contribution in [-0.4, -0.2) is 12.5 Å². The van der Waals surface area contributed by atoms with Crippen LogP contribution in [0.2, 0.25) is 0 Å². The third-order valence-electron chi connectivity index (χ3n) is 2.96. The molecule has 0 spiro atoms. The molecule has 2 heteroatoms. The maximum absolute atomic E-state index is 11.7. The molecule has 0 atom stereocenters. The number of hydrogen-bond acceptors (Lipinski definition) is 1. The minimum Gasteiger partial charge on any atom is -0.341 e. The first-order valence-corrected chi connectivity index (χ1v) is 5.65. The van der Waals surface area contributed by atoms with Crippen molar-refractivity contribution in [3.63, 3.8) is 0 Å². The van der Waals surface area contributed by atoms with Crippen molar-refractivity contribution in [2.24, 2.45) is 0 Å². The van der Waals surface area contributed by atoms with Crippen molar-refractivity contribution in [1.82, 2.24) is 5.32 Å². The van der Waals surface area contributed by atoms with E-state index in [-0.39, 0.29) is 12.5 Å². The van der Waals surface area contributed by atoms with Crippen LogP contribution in [0, 0.1) is 12.3 Å². The average molecular weight is 213 g/mol. The SMILES string of the molecule is C#CCNC(=O)c1ccc2c(c1)CCCC2. The van der Waals surface area contributed by atoms with Gasteiger partial charge in [0.1, 0.15) is 0 Å². The number of carbonyl (C=O) groups excluding carboxylic acids is 1. The first kappa shape index (κ1) is 10.8. The Labute approximate surface area is 96.1 Å². The van der Waals surface area contributed by atoms with Gasteiger partial charge in [-0.15, -0.1) is 6.42 Å². The van der Waals surface area contributed by atoms with Crippen LogP contribution in [0.3, 0.4) is 0 Å². The highest BCUT2D eigenvalue weighted by Gasteiger charge is 2.12. The number of amides is 1. The summed E-state index contributed by atoms with van der Waals surface area (Å²) in [5.41, 5.74) is 3.43. The summed E-state index contributed by atoms with van der Waals surface area (Å²) in [4.78, 5) is 11.7. The highest BCUT2D eigenvalue weighted by atomic mass is 16.1. The predicted octanol–water partition coefficient (Wildman–Crippen LogP) is 1.93. The maximum atomic E-state index is 11.7. The van der Waals surface area contributed by atoms with Crippen LogP contribution in [0.25, 0.3) is 0 Å². The van der Waals surface area contributed by atoms with Crippen molar-refractivity contribution in [1.29, 1.82) is 0 Å². The number of benzene rings is 1. The van der Waals surface area contributed by atoms with E-state index < -0.39 is 0 Å². The number of aryl methyl sites for hydroxylation is 2. The summed E-state index contributed by atoms with van der Waals surface area (Å²) >= 11 is 0. The molecule has 1 aromatic carbocycles. The third kappa shape index (κ3) is 2.25. The van der Waals surface area contributed by atoms with Gasteiger partial charge < -0.3 is 5.32 Å². The molecule has 1 amide bonds. The number of terminal acetylenes is 1. The lowest BCUT2D eigenvalue weighted by atomic mass is 9.90. The highest BCUT2D eigenvalue weighted by Crippen LogP contribution is 2.22. The summed E-state index contributed by atoms with van der Waals surface area (Å²) in [6.45, 7) is 0.288. The zero-order valence-corrected chi connectivity index (χ0v) is 9.25. The van der Waals surface area contributed by atoms with Crippen LogP contribution in [0.15, 0.2) is 18.2 Å². The van der Waals surface area contributed by atoms with Gasteiger partial charge in [-0.25, -0.2) is 0 Å². The largest absolute Gasteiger partial charge is 0.341 e. The number of carbonyl (C=O) groups is 1. The van der Waals surface area contributed by atoms with E-state index in [0.717, 1.165) is 18.4 Å². The summed E-state index contributed by atoms with van der Waals surface area (Å²) in [6, 6.07) is 5.95. The highest BCUT2D eigenvalue weighted by molar-refractivity contribution is 5.94. The molecule has 2 nitrogen and oxygen atoms in total. The van der Waals surface area contributed by atoms with E-state index in [1.807, 2.05) is 12.1 Å². The number of nitrogens with one attached hydrogen (secondary N) is 1. The Morgan fingerprint density at radius 2 is 2.06 bits per heavy atom. The van der Waals surface area contributed by atoms with Crippen molar-refractivity contribution in [3.05, 3.63) is 34.9 Å². The van der Waals surface area contributed by atoms with Gasteiger partial charge >= 0.3 is 0 Å². The lowest BCUT2D eigenvalue weighted by Gasteiger charge is -2.16. The molecule has 0 unspecified atom stereocenters. The summed E-state index contributed by atoms with van der Waals surface area (Å²) in [6.07, 6.45) is 9.81. The van der Waals surface area contributed by atoms with Crippen LogP contribution in [0.5, 0.6) is 0 Å². The average Bonchev–Trinajstić information content (AvgIpc) is 2.35. The molecule has 0 fully saturated rings. The molecule has 0 saturated heterocycles. The minimum atomic E-state index is -0.0775. The van der Waals surface area contributed by atoms with Gasteiger partial charge in [0.15, 0.2) is 0 Å². The second-order valence-corrected chi connectivity index (χ2v) is 4.08. The summed E-state index contributed by atoms with van der Waals surface area (Å²) in [7, 11) is 0. The molecule has 82 valence electrons.